The van der Waals surface area contributed by atoms with E-state index in [-0.39, 0.29) is 11.3 Å². The maximum Gasteiger partial charge on any atom is 0.220 e. The van der Waals surface area contributed by atoms with E-state index in [1.807, 2.05) is 11.0 Å². The Morgan fingerprint density at radius 2 is 1.90 bits per heavy atom. The zero-order chi connectivity index (χ0) is 14.0. The quantitative estimate of drug-likeness (QED) is 0.830. The predicted octanol–water partition coefficient (Wildman–Crippen LogP) is 1.53. The zero-order valence-corrected chi connectivity index (χ0v) is 11.5. The third-order valence-corrected chi connectivity index (χ3v) is 4.90. The monoisotopic (exact) mass is 272 g/mol. The summed E-state index contributed by atoms with van der Waals surface area (Å²) in [5.74, 6) is 0.506. The van der Waals surface area contributed by atoms with E-state index in [2.05, 4.69) is 29.6 Å². The molecule has 0 aliphatic carbocycles. The van der Waals surface area contributed by atoms with Crippen LogP contribution in [0.4, 0.5) is 0 Å². The lowest BCUT2D eigenvalue weighted by Crippen LogP contribution is -2.51. The molecule has 2 aliphatic heterocycles. The van der Waals surface area contributed by atoms with Gasteiger partial charge in [-0.2, -0.15) is 0 Å². The molecule has 1 N–H and O–H groups in total. The van der Waals surface area contributed by atoms with E-state index in [0.717, 1.165) is 32.3 Å². The molecule has 106 valence electrons. The molecular formula is C16H20N2O2. The van der Waals surface area contributed by atoms with Crippen molar-refractivity contribution in [3.8, 4) is 0 Å². The molecule has 1 atom stereocenters. The van der Waals surface area contributed by atoms with Gasteiger partial charge in [0.2, 0.25) is 12.3 Å². The van der Waals surface area contributed by atoms with Crippen molar-refractivity contribution in [3.63, 3.8) is 0 Å². The van der Waals surface area contributed by atoms with Crippen LogP contribution in [0, 0.1) is 5.41 Å². The molecule has 1 spiro atoms. The van der Waals surface area contributed by atoms with Gasteiger partial charge in [-0.1, -0.05) is 30.3 Å². The number of benzene rings is 1. The van der Waals surface area contributed by atoms with E-state index in [9.17, 15) is 9.59 Å². The largest absolute Gasteiger partial charge is 0.355 e. The highest BCUT2D eigenvalue weighted by Crippen LogP contribution is 2.48. The Hall–Kier alpha value is -1.84. The fourth-order valence-electron chi connectivity index (χ4n) is 3.69. The van der Waals surface area contributed by atoms with Gasteiger partial charge in [-0.25, -0.2) is 0 Å². The Morgan fingerprint density at radius 3 is 2.55 bits per heavy atom. The molecule has 4 nitrogen and oxygen atoms in total. The van der Waals surface area contributed by atoms with E-state index in [1.54, 1.807) is 0 Å². The molecule has 0 aromatic heterocycles. The normalized spacial score (nSPS) is 25.3. The molecule has 1 unspecified atom stereocenters. The minimum Gasteiger partial charge on any atom is -0.355 e. The molecule has 2 aliphatic rings. The summed E-state index contributed by atoms with van der Waals surface area (Å²) in [6, 6.07) is 10.4. The lowest BCUT2D eigenvalue weighted by Gasteiger charge is -2.48. The van der Waals surface area contributed by atoms with Crippen molar-refractivity contribution in [1.82, 2.24) is 10.2 Å². The average Bonchev–Trinajstić information content (AvgIpc) is 2.49. The van der Waals surface area contributed by atoms with Crippen LogP contribution in [-0.4, -0.2) is 36.9 Å². The van der Waals surface area contributed by atoms with Crippen LogP contribution in [0.25, 0.3) is 0 Å². The molecule has 4 heteroatoms. The number of amides is 2. The Morgan fingerprint density at radius 1 is 1.20 bits per heavy atom. The van der Waals surface area contributed by atoms with Gasteiger partial charge in [0.05, 0.1) is 0 Å². The molecule has 1 aromatic rings. The Labute approximate surface area is 119 Å². The Balaban J connectivity index is 1.88. The maximum atomic E-state index is 11.9. The summed E-state index contributed by atoms with van der Waals surface area (Å²) in [5.41, 5.74) is 1.32. The van der Waals surface area contributed by atoms with E-state index < -0.39 is 0 Å². The number of hydrogen-bond donors (Lipinski definition) is 1. The molecule has 2 amide bonds. The first-order valence-electron chi connectivity index (χ1n) is 7.24. The highest BCUT2D eigenvalue weighted by Gasteiger charge is 2.45. The molecule has 0 saturated carbocycles. The number of nitrogens with zero attached hydrogens (tertiary/aromatic N) is 1. The number of piperidine rings is 2. The lowest BCUT2D eigenvalue weighted by molar-refractivity contribution is -0.129. The number of carbonyl (C=O) groups excluding carboxylic acids is 2. The lowest BCUT2D eigenvalue weighted by atomic mass is 9.62. The molecule has 0 radical (unpaired) electrons. The Bertz CT molecular complexity index is 492. The number of likely N-dealkylation sites (tertiary alicyclic amines) is 1. The molecule has 3 rings (SSSR count). The van der Waals surface area contributed by atoms with Crippen LogP contribution in [-0.2, 0) is 9.59 Å². The van der Waals surface area contributed by atoms with Crippen LogP contribution in [0.1, 0.15) is 30.7 Å². The molecule has 2 saturated heterocycles. The summed E-state index contributed by atoms with van der Waals surface area (Å²) in [5, 5.41) is 3.01. The fraction of sp³-hybridized carbons (Fsp3) is 0.500. The minimum atomic E-state index is 0.0171. The van der Waals surface area contributed by atoms with Gasteiger partial charge in [-0.15, -0.1) is 0 Å². The number of carbonyl (C=O) groups is 2. The zero-order valence-electron chi connectivity index (χ0n) is 11.5. The second kappa shape index (κ2) is 5.27. The molecular weight excluding hydrogens is 252 g/mol. The summed E-state index contributed by atoms with van der Waals surface area (Å²) in [7, 11) is 0. The van der Waals surface area contributed by atoms with Gasteiger partial charge in [0.25, 0.3) is 0 Å². The van der Waals surface area contributed by atoms with Gasteiger partial charge >= 0.3 is 0 Å². The van der Waals surface area contributed by atoms with E-state index >= 15 is 0 Å². The van der Waals surface area contributed by atoms with Crippen LogP contribution >= 0.6 is 0 Å². The van der Waals surface area contributed by atoms with Crippen LogP contribution in [0.2, 0.25) is 0 Å². The van der Waals surface area contributed by atoms with Gasteiger partial charge in [0.1, 0.15) is 0 Å². The van der Waals surface area contributed by atoms with Crippen molar-refractivity contribution in [2.24, 2.45) is 5.41 Å². The molecule has 2 heterocycles. The first-order chi connectivity index (χ1) is 9.73. The summed E-state index contributed by atoms with van der Waals surface area (Å²) in [6.45, 7) is 2.24. The highest BCUT2D eigenvalue weighted by atomic mass is 16.1. The smallest absolute Gasteiger partial charge is 0.220 e. The van der Waals surface area contributed by atoms with Crippen LogP contribution < -0.4 is 5.32 Å². The maximum absolute atomic E-state index is 11.9. The van der Waals surface area contributed by atoms with Crippen molar-refractivity contribution < 1.29 is 9.59 Å². The van der Waals surface area contributed by atoms with Crippen molar-refractivity contribution in [3.05, 3.63) is 35.9 Å². The first-order valence-corrected chi connectivity index (χ1v) is 7.24. The molecule has 1 aromatic carbocycles. The topological polar surface area (TPSA) is 49.4 Å². The van der Waals surface area contributed by atoms with Crippen LogP contribution in [0.5, 0.6) is 0 Å². The van der Waals surface area contributed by atoms with E-state index in [0.29, 0.717) is 18.9 Å². The second-order valence-electron chi connectivity index (χ2n) is 5.95. The Kier molecular flexibility index (Phi) is 3.47. The minimum absolute atomic E-state index is 0.0171. The standard InChI is InChI=1S/C16H20N2O2/c19-12-18-8-6-16(7-9-18)10-15(20)17-11-14(16)13-4-2-1-3-5-13/h1-5,12,14H,6-11H2,(H,17,20). The number of hydrogen-bond acceptors (Lipinski definition) is 2. The van der Waals surface area contributed by atoms with Crippen molar-refractivity contribution in [2.75, 3.05) is 19.6 Å². The van der Waals surface area contributed by atoms with Crippen LogP contribution in [0.15, 0.2) is 30.3 Å². The van der Waals surface area contributed by atoms with Gasteiger partial charge in [-0.05, 0) is 23.8 Å². The van der Waals surface area contributed by atoms with Gasteiger partial charge in [-0.3, -0.25) is 9.59 Å². The van der Waals surface area contributed by atoms with Crippen molar-refractivity contribution in [1.29, 1.82) is 0 Å². The highest BCUT2D eigenvalue weighted by molar-refractivity contribution is 5.78. The summed E-state index contributed by atoms with van der Waals surface area (Å²) in [4.78, 5) is 24.6. The molecule has 2 fully saturated rings. The third kappa shape index (κ3) is 2.30. The first kappa shape index (κ1) is 13.2. The van der Waals surface area contributed by atoms with E-state index in [1.165, 1.54) is 5.56 Å². The summed E-state index contributed by atoms with van der Waals surface area (Å²) >= 11 is 0. The van der Waals surface area contributed by atoms with Crippen LogP contribution in [0.3, 0.4) is 0 Å². The third-order valence-electron chi connectivity index (χ3n) is 4.90. The number of nitrogens with one attached hydrogen (secondary N) is 1. The summed E-state index contributed by atoms with van der Waals surface area (Å²) in [6.07, 6.45) is 3.34. The summed E-state index contributed by atoms with van der Waals surface area (Å²) < 4.78 is 0. The van der Waals surface area contributed by atoms with Crippen molar-refractivity contribution in [2.45, 2.75) is 25.2 Å². The predicted molar refractivity (Wildman–Crippen MR) is 76.1 cm³/mol. The van der Waals surface area contributed by atoms with Gasteiger partial charge in [0, 0.05) is 32.0 Å². The molecule has 0 bridgehead atoms. The fourth-order valence-corrected chi connectivity index (χ4v) is 3.69. The average molecular weight is 272 g/mol. The van der Waals surface area contributed by atoms with Gasteiger partial charge < -0.3 is 10.2 Å². The van der Waals surface area contributed by atoms with E-state index in [4.69, 9.17) is 0 Å². The second-order valence-corrected chi connectivity index (χ2v) is 5.95. The SMILES string of the molecule is O=CN1CCC2(CC1)CC(=O)NCC2c1ccccc1. The number of rotatable bonds is 2. The van der Waals surface area contributed by atoms with Gasteiger partial charge in [0.15, 0.2) is 0 Å². The molecule has 20 heavy (non-hydrogen) atoms. The van der Waals surface area contributed by atoms with Crippen molar-refractivity contribution >= 4 is 12.3 Å².